The average Bonchev–Trinajstić information content (AvgIpc) is 2.34. The molecule has 0 amide bonds. The van der Waals surface area contributed by atoms with Crippen LogP contribution in [0, 0.1) is 22.7 Å². The third-order valence-electron chi connectivity index (χ3n) is 2.48. The maximum Gasteiger partial charge on any atom is 0.161 e. The fourth-order valence-electron chi connectivity index (χ4n) is 1.55. The zero-order valence-electron chi connectivity index (χ0n) is 9.90. The van der Waals surface area contributed by atoms with Crippen molar-refractivity contribution >= 4 is 11.5 Å². The van der Waals surface area contributed by atoms with Gasteiger partial charge in [0.1, 0.15) is 0 Å². The van der Waals surface area contributed by atoms with Crippen molar-refractivity contribution in [3.8, 4) is 12.1 Å². The van der Waals surface area contributed by atoms with Crippen molar-refractivity contribution in [2.45, 2.75) is 13.3 Å². The lowest BCUT2D eigenvalue weighted by Crippen LogP contribution is -2.20. The van der Waals surface area contributed by atoms with Crippen LogP contribution in [0.1, 0.15) is 29.3 Å². The first kappa shape index (κ1) is 12.7. The molecule has 0 aliphatic rings. The molecule has 0 saturated heterocycles. The van der Waals surface area contributed by atoms with Gasteiger partial charge in [0.15, 0.2) is 5.78 Å². The summed E-state index contributed by atoms with van der Waals surface area (Å²) in [7, 11) is 1.81. The fourth-order valence-corrected chi connectivity index (χ4v) is 1.55. The van der Waals surface area contributed by atoms with Gasteiger partial charge in [0.25, 0.3) is 0 Å². The van der Waals surface area contributed by atoms with E-state index in [1.54, 1.807) is 25.2 Å². The summed E-state index contributed by atoms with van der Waals surface area (Å²) in [6.07, 6.45) is 0.380. The second kappa shape index (κ2) is 5.67. The van der Waals surface area contributed by atoms with E-state index in [2.05, 4.69) is 6.07 Å². The number of hydrogen-bond acceptors (Lipinski definition) is 4. The standard InChI is InChI=1S/C13H13N3O/c1-10(17)12-5-4-11(9-15)8-13(12)16(2)7-3-6-14/h4-5,8H,3,7H2,1-2H3. The van der Waals surface area contributed by atoms with Crippen molar-refractivity contribution in [2.75, 3.05) is 18.5 Å². The lowest BCUT2D eigenvalue weighted by Gasteiger charge is -2.20. The monoisotopic (exact) mass is 227 g/mol. The van der Waals surface area contributed by atoms with E-state index in [1.807, 2.05) is 11.0 Å². The zero-order chi connectivity index (χ0) is 12.8. The zero-order valence-corrected chi connectivity index (χ0v) is 9.90. The van der Waals surface area contributed by atoms with Gasteiger partial charge in [0.05, 0.1) is 24.1 Å². The summed E-state index contributed by atoms with van der Waals surface area (Å²) in [4.78, 5) is 13.3. The molecule has 0 unspecified atom stereocenters. The second-order valence-corrected chi connectivity index (χ2v) is 3.73. The number of nitriles is 2. The smallest absolute Gasteiger partial charge is 0.161 e. The third kappa shape index (κ3) is 3.06. The lowest BCUT2D eigenvalue weighted by atomic mass is 10.1. The number of hydrogen-bond donors (Lipinski definition) is 0. The number of rotatable bonds is 4. The molecule has 0 bridgehead atoms. The van der Waals surface area contributed by atoms with Crippen molar-refractivity contribution < 1.29 is 4.79 Å². The first-order valence-corrected chi connectivity index (χ1v) is 5.23. The van der Waals surface area contributed by atoms with Gasteiger partial charge in [-0.05, 0) is 25.1 Å². The van der Waals surface area contributed by atoms with Gasteiger partial charge in [-0.3, -0.25) is 4.79 Å². The van der Waals surface area contributed by atoms with Gasteiger partial charge in [-0.25, -0.2) is 0 Å². The molecule has 0 spiro atoms. The first-order valence-electron chi connectivity index (χ1n) is 5.23. The van der Waals surface area contributed by atoms with Crippen LogP contribution < -0.4 is 4.90 Å². The summed E-state index contributed by atoms with van der Waals surface area (Å²) >= 11 is 0. The fraction of sp³-hybridized carbons (Fsp3) is 0.308. The average molecular weight is 227 g/mol. The highest BCUT2D eigenvalue weighted by Crippen LogP contribution is 2.22. The van der Waals surface area contributed by atoms with Crippen LogP contribution in [0.5, 0.6) is 0 Å². The highest BCUT2D eigenvalue weighted by molar-refractivity contribution is 6.00. The molecule has 0 aliphatic carbocycles. The second-order valence-electron chi connectivity index (χ2n) is 3.73. The molecule has 0 fully saturated rings. The molecule has 86 valence electrons. The van der Waals surface area contributed by atoms with Crippen LogP contribution in [0.15, 0.2) is 18.2 Å². The molecule has 1 aromatic carbocycles. The Morgan fingerprint density at radius 2 is 2.12 bits per heavy atom. The van der Waals surface area contributed by atoms with Crippen LogP contribution in [0.2, 0.25) is 0 Å². The van der Waals surface area contributed by atoms with Crippen molar-refractivity contribution in [3.63, 3.8) is 0 Å². The summed E-state index contributed by atoms with van der Waals surface area (Å²) in [6, 6.07) is 9.05. The summed E-state index contributed by atoms with van der Waals surface area (Å²) in [5.74, 6) is -0.0479. The normalized spacial score (nSPS) is 9.18. The van der Waals surface area contributed by atoms with Gasteiger partial charge in [-0.2, -0.15) is 10.5 Å². The van der Waals surface area contributed by atoms with E-state index in [0.29, 0.717) is 29.8 Å². The van der Waals surface area contributed by atoms with Crippen LogP contribution >= 0.6 is 0 Å². The predicted octanol–water partition coefficient (Wildman–Crippen LogP) is 2.11. The molecule has 0 aliphatic heterocycles. The number of ketones is 1. The molecule has 0 atom stereocenters. The van der Waals surface area contributed by atoms with Crippen LogP contribution in [0.3, 0.4) is 0 Å². The molecule has 0 saturated carbocycles. The molecule has 1 rings (SSSR count). The Balaban J connectivity index is 3.14. The highest BCUT2D eigenvalue weighted by atomic mass is 16.1. The maximum absolute atomic E-state index is 11.5. The topological polar surface area (TPSA) is 67.9 Å². The Labute approximate surface area is 101 Å². The minimum atomic E-state index is -0.0479. The number of carbonyl (C=O) groups is 1. The van der Waals surface area contributed by atoms with Crippen molar-refractivity contribution in [1.82, 2.24) is 0 Å². The minimum absolute atomic E-state index is 0.0479. The quantitative estimate of drug-likeness (QED) is 0.739. The summed E-state index contributed by atoms with van der Waals surface area (Å²) in [6.45, 7) is 2.02. The molecule has 4 nitrogen and oxygen atoms in total. The van der Waals surface area contributed by atoms with Gasteiger partial charge in [0, 0.05) is 24.8 Å². The van der Waals surface area contributed by atoms with Crippen LogP contribution in [-0.2, 0) is 0 Å². The largest absolute Gasteiger partial charge is 0.373 e. The van der Waals surface area contributed by atoms with E-state index in [4.69, 9.17) is 10.5 Å². The number of nitrogens with zero attached hydrogens (tertiary/aromatic N) is 3. The number of anilines is 1. The SMILES string of the molecule is CC(=O)c1ccc(C#N)cc1N(C)CCC#N. The van der Waals surface area contributed by atoms with Crippen LogP contribution in [0.25, 0.3) is 0 Å². The van der Waals surface area contributed by atoms with Crippen molar-refractivity contribution in [1.29, 1.82) is 10.5 Å². The molecule has 0 radical (unpaired) electrons. The van der Waals surface area contributed by atoms with Crippen LogP contribution in [-0.4, -0.2) is 19.4 Å². The first-order chi connectivity index (χ1) is 8.10. The van der Waals surface area contributed by atoms with E-state index in [1.165, 1.54) is 6.92 Å². The van der Waals surface area contributed by atoms with Gasteiger partial charge in [-0.15, -0.1) is 0 Å². The maximum atomic E-state index is 11.5. The van der Waals surface area contributed by atoms with Gasteiger partial charge in [0.2, 0.25) is 0 Å². The minimum Gasteiger partial charge on any atom is -0.373 e. The van der Waals surface area contributed by atoms with E-state index in [-0.39, 0.29) is 5.78 Å². The third-order valence-corrected chi connectivity index (χ3v) is 2.48. The number of Topliss-reactive ketones (excluding diaryl/α,β-unsaturated/α-hetero) is 1. The molecule has 17 heavy (non-hydrogen) atoms. The molecule has 0 aromatic heterocycles. The van der Waals surface area contributed by atoms with Crippen molar-refractivity contribution in [2.24, 2.45) is 0 Å². The predicted molar refractivity (Wildman–Crippen MR) is 64.7 cm³/mol. The van der Waals surface area contributed by atoms with E-state index >= 15 is 0 Å². The Kier molecular flexibility index (Phi) is 4.25. The number of carbonyl (C=O) groups excluding carboxylic acids is 1. The van der Waals surface area contributed by atoms with Gasteiger partial charge in [-0.1, -0.05) is 0 Å². The molecular formula is C13H13N3O. The Morgan fingerprint density at radius 1 is 1.41 bits per heavy atom. The Hall–Kier alpha value is -2.33. The lowest BCUT2D eigenvalue weighted by molar-refractivity contribution is 0.101. The van der Waals surface area contributed by atoms with E-state index < -0.39 is 0 Å². The Bertz CT molecular complexity index is 508. The van der Waals surface area contributed by atoms with Crippen LogP contribution in [0.4, 0.5) is 5.69 Å². The molecule has 0 heterocycles. The number of benzene rings is 1. The Morgan fingerprint density at radius 3 is 2.65 bits per heavy atom. The summed E-state index contributed by atoms with van der Waals surface area (Å²) in [5.41, 5.74) is 1.78. The summed E-state index contributed by atoms with van der Waals surface area (Å²) in [5, 5.41) is 17.4. The van der Waals surface area contributed by atoms with Gasteiger partial charge < -0.3 is 4.90 Å². The molecule has 1 aromatic rings. The summed E-state index contributed by atoms with van der Waals surface area (Å²) < 4.78 is 0. The molecule has 4 heteroatoms. The highest BCUT2D eigenvalue weighted by Gasteiger charge is 2.11. The van der Waals surface area contributed by atoms with Gasteiger partial charge >= 0.3 is 0 Å². The van der Waals surface area contributed by atoms with E-state index in [9.17, 15) is 4.79 Å². The van der Waals surface area contributed by atoms with Crippen molar-refractivity contribution in [3.05, 3.63) is 29.3 Å². The van der Waals surface area contributed by atoms with E-state index in [0.717, 1.165) is 0 Å². The molecule has 0 N–H and O–H groups in total. The molecular weight excluding hydrogens is 214 g/mol.